The zero-order chi connectivity index (χ0) is 20.1. The second-order valence-electron chi connectivity index (χ2n) is 7.15. The number of rotatable bonds is 6. The van der Waals surface area contributed by atoms with Gasteiger partial charge in [0.2, 0.25) is 5.91 Å². The van der Waals surface area contributed by atoms with Crippen LogP contribution in [-0.2, 0) is 11.3 Å². The van der Waals surface area contributed by atoms with Gasteiger partial charge >= 0.3 is 0 Å². The predicted molar refractivity (Wildman–Crippen MR) is 115 cm³/mol. The molecule has 3 aromatic rings. The Kier molecular flexibility index (Phi) is 5.56. The summed E-state index contributed by atoms with van der Waals surface area (Å²) in [4.78, 5) is 26.4. The van der Waals surface area contributed by atoms with Gasteiger partial charge in [0.25, 0.3) is 5.91 Å². The van der Waals surface area contributed by atoms with Gasteiger partial charge in [-0.3, -0.25) is 9.59 Å². The number of nitrogens with zero attached hydrogens (tertiary/aromatic N) is 1. The Bertz CT molecular complexity index is 1020. The lowest BCUT2D eigenvalue weighted by Crippen LogP contribution is -2.24. The third-order valence-corrected chi connectivity index (χ3v) is 4.92. The molecule has 146 valence electrons. The number of benzene rings is 3. The molecule has 0 unspecified atom stereocenters. The summed E-state index contributed by atoms with van der Waals surface area (Å²) < 4.78 is 0. The Morgan fingerprint density at radius 1 is 0.862 bits per heavy atom. The van der Waals surface area contributed by atoms with E-state index in [1.54, 1.807) is 6.07 Å². The third kappa shape index (κ3) is 4.82. The van der Waals surface area contributed by atoms with Crippen molar-refractivity contribution in [1.82, 2.24) is 4.90 Å². The molecule has 0 spiro atoms. The van der Waals surface area contributed by atoms with E-state index in [9.17, 15) is 9.59 Å². The van der Waals surface area contributed by atoms with Crippen molar-refractivity contribution in [3.05, 3.63) is 90.0 Å². The molecule has 0 bridgehead atoms. The lowest BCUT2D eigenvalue weighted by Gasteiger charge is -2.16. The first-order valence-electron chi connectivity index (χ1n) is 9.77. The molecule has 1 fully saturated rings. The normalized spacial score (nSPS) is 13.4. The third-order valence-electron chi connectivity index (χ3n) is 4.92. The van der Waals surface area contributed by atoms with E-state index < -0.39 is 0 Å². The Hall–Kier alpha value is -3.60. The van der Waals surface area contributed by atoms with Crippen LogP contribution >= 0.6 is 0 Å². The fraction of sp³-hybridized carbons (Fsp3) is 0.167. The van der Waals surface area contributed by atoms with E-state index in [0.717, 1.165) is 35.6 Å². The molecular weight excluding hydrogens is 362 g/mol. The zero-order valence-electron chi connectivity index (χ0n) is 16.1. The predicted octanol–water partition coefficient (Wildman–Crippen LogP) is 4.80. The largest absolute Gasteiger partial charge is 0.355 e. The van der Waals surface area contributed by atoms with Crippen LogP contribution in [0.2, 0.25) is 0 Å². The van der Waals surface area contributed by atoms with Crippen LogP contribution in [0.1, 0.15) is 28.8 Å². The van der Waals surface area contributed by atoms with Crippen molar-refractivity contribution in [2.24, 2.45) is 0 Å². The molecule has 0 aromatic heterocycles. The minimum absolute atomic E-state index is 0.170. The fourth-order valence-corrected chi connectivity index (χ4v) is 3.47. The molecule has 3 aromatic carbocycles. The maximum Gasteiger partial charge on any atom is 0.255 e. The fourth-order valence-electron chi connectivity index (χ4n) is 3.47. The second kappa shape index (κ2) is 8.61. The summed E-state index contributed by atoms with van der Waals surface area (Å²) in [6.45, 7) is 1.34. The first kappa shape index (κ1) is 18.7. The van der Waals surface area contributed by atoms with Crippen LogP contribution in [0.15, 0.2) is 78.9 Å². The van der Waals surface area contributed by atoms with E-state index in [-0.39, 0.29) is 11.8 Å². The number of amides is 2. The highest BCUT2D eigenvalue weighted by atomic mass is 16.2. The minimum atomic E-state index is -0.170. The number of carbonyl (C=O) groups excluding carboxylic acids is 2. The Morgan fingerprint density at radius 2 is 1.62 bits per heavy atom. The second-order valence-corrected chi connectivity index (χ2v) is 7.15. The summed E-state index contributed by atoms with van der Waals surface area (Å²) >= 11 is 0. The van der Waals surface area contributed by atoms with Crippen LogP contribution in [-0.4, -0.2) is 23.3 Å². The molecule has 0 atom stereocenters. The number of likely N-dealkylation sites (tertiary alicyclic amines) is 1. The van der Waals surface area contributed by atoms with Crippen molar-refractivity contribution in [1.29, 1.82) is 0 Å². The minimum Gasteiger partial charge on any atom is -0.355 e. The quantitative estimate of drug-likeness (QED) is 0.640. The van der Waals surface area contributed by atoms with Crippen LogP contribution in [0.5, 0.6) is 0 Å². The highest BCUT2D eigenvalue weighted by molar-refractivity contribution is 6.04. The van der Waals surface area contributed by atoms with Crippen LogP contribution in [0.3, 0.4) is 0 Å². The molecule has 1 saturated heterocycles. The molecule has 4 rings (SSSR count). The van der Waals surface area contributed by atoms with Crippen molar-refractivity contribution in [3.8, 4) is 0 Å². The Morgan fingerprint density at radius 3 is 2.41 bits per heavy atom. The molecule has 5 nitrogen and oxygen atoms in total. The SMILES string of the molecule is O=C(Nc1cccc(Nc2ccccc2)c1)c1cccc(CN2CCCC2=O)c1. The number of hydrogen-bond donors (Lipinski definition) is 2. The number of anilines is 3. The molecule has 0 aliphatic carbocycles. The molecule has 29 heavy (non-hydrogen) atoms. The van der Waals surface area contributed by atoms with E-state index in [2.05, 4.69) is 10.6 Å². The van der Waals surface area contributed by atoms with E-state index in [1.165, 1.54) is 0 Å². The molecule has 0 radical (unpaired) electrons. The number of nitrogens with one attached hydrogen (secondary N) is 2. The average molecular weight is 385 g/mol. The Labute approximate surface area is 170 Å². The van der Waals surface area contributed by atoms with Crippen LogP contribution in [0.4, 0.5) is 17.1 Å². The molecule has 0 saturated carbocycles. The highest BCUT2D eigenvalue weighted by Gasteiger charge is 2.20. The van der Waals surface area contributed by atoms with Gasteiger partial charge in [-0.2, -0.15) is 0 Å². The molecular formula is C24H23N3O2. The smallest absolute Gasteiger partial charge is 0.255 e. The maximum atomic E-state index is 12.7. The molecule has 2 N–H and O–H groups in total. The van der Waals surface area contributed by atoms with Crippen LogP contribution in [0.25, 0.3) is 0 Å². The van der Waals surface area contributed by atoms with Crippen LogP contribution in [0, 0.1) is 0 Å². The van der Waals surface area contributed by atoms with E-state index in [0.29, 0.717) is 18.5 Å². The standard InChI is InChI=1S/C24H23N3O2/c28-23-13-6-14-27(23)17-18-7-4-8-19(15-18)24(29)26-22-12-5-11-21(16-22)25-20-9-2-1-3-10-20/h1-5,7-12,15-16,25H,6,13-14,17H2,(H,26,29). The van der Waals surface area contributed by atoms with Gasteiger partial charge in [-0.25, -0.2) is 0 Å². The van der Waals surface area contributed by atoms with Gasteiger partial charge in [-0.05, 0) is 54.4 Å². The number of carbonyl (C=O) groups is 2. The molecule has 1 aliphatic rings. The summed E-state index contributed by atoms with van der Waals surface area (Å²) in [5, 5.41) is 6.28. The van der Waals surface area contributed by atoms with Gasteiger partial charge in [0.05, 0.1) is 0 Å². The van der Waals surface area contributed by atoms with Crippen molar-refractivity contribution in [2.75, 3.05) is 17.2 Å². The molecule has 1 aliphatic heterocycles. The first-order valence-corrected chi connectivity index (χ1v) is 9.77. The van der Waals surface area contributed by atoms with E-state index in [4.69, 9.17) is 0 Å². The lowest BCUT2D eigenvalue weighted by molar-refractivity contribution is -0.128. The van der Waals surface area contributed by atoms with Crippen molar-refractivity contribution >= 4 is 28.9 Å². The van der Waals surface area contributed by atoms with Gasteiger partial charge < -0.3 is 15.5 Å². The van der Waals surface area contributed by atoms with Crippen molar-refractivity contribution in [3.63, 3.8) is 0 Å². The van der Waals surface area contributed by atoms with Crippen molar-refractivity contribution < 1.29 is 9.59 Å². The van der Waals surface area contributed by atoms with Gasteiger partial charge in [0.15, 0.2) is 0 Å². The van der Waals surface area contributed by atoms with Gasteiger partial charge in [-0.1, -0.05) is 36.4 Å². The maximum absolute atomic E-state index is 12.7. The van der Waals surface area contributed by atoms with Gasteiger partial charge in [-0.15, -0.1) is 0 Å². The van der Waals surface area contributed by atoms with Gasteiger partial charge in [0.1, 0.15) is 0 Å². The summed E-state index contributed by atoms with van der Waals surface area (Å²) in [7, 11) is 0. The first-order chi connectivity index (χ1) is 14.2. The Balaban J connectivity index is 1.43. The molecule has 5 heteroatoms. The van der Waals surface area contributed by atoms with Crippen LogP contribution < -0.4 is 10.6 Å². The lowest BCUT2D eigenvalue weighted by atomic mass is 10.1. The van der Waals surface area contributed by atoms with E-state index in [1.807, 2.05) is 77.7 Å². The summed E-state index contributed by atoms with van der Waals surface area (Å²) in [5.74, 6) is 0.0130. The highest BCUT2D eigenvalue weighted by Crippen LogP contribution is 2.21. The number of hydrogen-bond acceptors (Lipinski definition) is 3. The van der Waals surface area contributed by atoms with Gasteiger partial charge in [0, 0.05) is 42.1 Å². The number of para-hydroxylation sites is 1. The summed E-state index contributed by atoms with van der Waals surface area (Å²) in [5.41, 5.74) is 4.15. The summed E-state index contributed by atoms with van der Waals surface area (Å²) in [6, 6.07) is 25.0. The van der Waals surface area contributed by atoms with Crippen molar-refractivity contribution in [2.45, 2.75) is 19.4 Å². The molecule has 2 amide bonds. The average Bonchev–Trinajstić information content (AvgIpc) is 3.14. The van der Waals surface area contributed by atoms with E-state index >= 15 is 0 Å². The summed E-state index contributed by atoms with van der Waals surface area (Å²) in [6.07, 6.45) is 1.53. The topological polar surface area (TPSA) is 61.4 Å². The molecule has 1 heterocycles. The zero-order valence-corrected chi connectivity index (χ0v) is 16.1. The monoisotopic (exact) mass is 385 g/mol.